The van der Waals surface area contributed by atoms with E-state index in [4.69, 9.17) is 0 Å². The van der Waals surface area contributed by atoms with Crippen LogP contribution < -0.4 is 0 Å². The molecule has 0 fully saturated rings. The standard InChI is InChI=1S/C15H13.Y/c1-13-7-5-6-10-15(13)12-11-14-8-3-2-4-9-14;/h2-3,5-12H,1H3;/q-1;. The van der Waals surface area contributed by atoms with Gasteiger partial charge in [-0.15, -0.1) is 11.6 Å². The first-order valence-electron chi connectivity index (χ1n) is 5.06. The van der Waals surface area contributed by atoms with Crippen molar-refractivity contribution in [2.45, 2.75) is 6.92 Å². The van der Waals surface area contributed by atoms with Crippen molar-refractivity contribution in [2.24, 2.45) is 0 Å². The van der Waals surface area contributed by atoms with Crippen LogP contribution in [0.1, 0.15) is 16.7 Å². The first kappa shape index (κ1) is 13.3. The third-order valence-corrected chi connectivity index (χ3v) is 2.37. The molecule has 0 saturated carbocycles. The molecule has 0 saturated heterocycles. The van der Waals surface area contributed by atoms with E-state index >= 15 is 0 Å². The summed E-state index contributed by atoms with van der Waals surface area (Å²) in [4.78, 5) is 0. The fourth-order valence-corrected chi connectivity index (χ4v) is 1.47. The Morgan fingerprint density at radius 1 is 1.00 bits per heavy atom. The van der Waals surface area contributed by atoms with E-state index in [0.29, 0.717) is 0 Å². The molecule has 0 atom stereocenters. The van der Waals surface area contributed by atoms with Crippen LogP contribution in [-0.4, -0.2) is 0 Å². The molecule has 0 heterocycles. The second-order valence-electron chi connectivity index (χ2n) is 3.53. The number of benzene rings is 2. The van der Waals surface area contributed by atoms with Gasteiger partial charge >= 0.3 is 0 Å². The molecule has 0 aliphatic heterocycles. The summed E-state index contributed by atoms with van der Waals surface area (Å²) in [5.74, 6) is 0. The second kappa shape index (κ2) is 6.78. The topological polar surface area (TPSA) is 0 Å². The Labute approximate surface area is 122 Å². The van der Waals surface area contributed by atoms with E-state index in [9.17, 15) is 0 Å². The fraction of sp³-hybridized carbons (Fsp3) is 0.0667. The van der Waals surface area contributed by atoms with Gasteiger partial charge in [0.05, 0.1) is 0 Å². The number of hydrogen-bond donors (Lipinski definition) is 0. The summed E-state index contributed by atoms with van der Waals surface area (Å²) in [6.45, 7) is 2.12. The van der Waals surface area contributed by atoms with Crippen molar-refractivity contribution >= 4 is 12.2 Å². The summed E-state index contributed by atoms with van der Waals surface area (Å²) in [6.07, 6.45) is 4.25. The predicted molar refractivity (Wildman–Crippen MR) is 65.4 cm³/mol. The predicted octanol–water partition coefficient (Wildman–Crippen LogP) is 3.96. The zero-order valence-electron chi connectivity index (χ0n) is 9.35. The molecule has 0 nitrogen and oxygen atoms in total. The average Bonchev–Trinajstić information content (AvgIpc) is 2.29. The summed E-state index contributed by atoms with van der Waals surface area (Å²) in [6, 6.07) is 19.4. The van der Waals surface area contributed by atoms with Crippen LogP contribution in [-0.2, 0) is 32.7 Å². The van der Waals surface area contributed by atoms with Gasteiger partial charge in [0.15, 0.2) is 0 Å². The van der Waals surface area contributed by atoms with Gasteiger partial charge in [0.1, 0.15) is 0 Å². The van der Waals surface area contributed by atoms with Gasteiger partial charge in [-0.05, 0) is 18.1 Å². The molecule has 0 unspecified atom stereocenters. The molecule has 0 bridgehead atoms. The zero-order valence-corrected chi connectivity index (χ0v) is 12.2. The van der Waals surface area contributed by atoms with Gasteiger partial charge in [-0.1, -0.05) is 30.3 Å². The van der Waals surface area contributed by atoms with Gasteiger partial charge in [0.2, 0.25) is 0 Å². The van der Waals surface area contributed by atoms with Gasteiger partial charge in [-0.3, -0.25) is 0 Å². The smallest absolute Gasteiger partial charge is 0 e. The normalized spacial score (nSPS) is 10.1. The van der Waals surface area contributed by atoms with Crippen molar-refractivity contribution in [3.05, 3.63) is 71.3 Å². The average molecular weight is 282 g/mol. The Morgan fingerprint density at radius 3 is 2.50 bits per heavy atom. The SMILES string of the molecule is Cc1ccccc1C=Cc1c[c-]ccc1.[Y]. The minimum atomic E-state index is 0. The van der Waals surface area contributed by atoms with Crippen LogP contribution >= 0.6 is 0 Å². The Kier molecular flexibility index (Phi) is 5.66. The first-order chi connectivity index (χ1) is 7.36. The van der Waals surface area contributed by atoms with Crippen LogP contribution in [0.2, 0.25) is 0 Å². The maximum Gasteiger partial charge on any atom is 0 e. The van der Waals surface area contributed by atoms with Gasteiger partial charge in [0.25, 0.3) is 0 Å². The van der Waals surface area contributed by atoms with Crippen LogP contribution in [0.4, 0.5) is 0 Å². The van der Waals surface area contributed by atoms with Gasteiger partial charge in [-0.2, -0.15) is 30.3 Å². The molecule has 0 aliphatic rings. The molecule has 1 radical (unpaired) electrons. The Hall–Kier alpha value is -0.716. The fourth-order valence-electron chi connectivity index (χ4n) is 1.47. The van der Waals surface area contributed by atoms with E-state index in [0.717, 1.165) is 0 Å². The van der Waals surface area contributed by atoms with Crippen molar-refractivity contribution in [3.8, 4) is 0 Å². The second-order valence-corrected chi connectivity index (χ2v) is 3.53. The van der Waals surface area contributed by atoms with Crippen molar-refractivity contribution in [1.82, 2.24) is 0 Å². The van der Waals surface area contributed by atoms with Crippen LogP contribution in [0.5, 0.6) is 0 Å². The van der Waals surface area contributed by atoms with Crippen LogP contribution in [0.15, 0.2) is 48.5 Å². The van der Waals surface area contributed by atoms with Crippen molar-refractivity contribution in [3.63, 3.8) is 0 Å². The van der Waals surface area contributed by atoms with Crippen LogP contribution in [0.3, 0.4) is 0 Å². The summed E-state index contributed by atoms with van der Waals surface area (Å²) in [5.41, 5.74) is 3.75. The van der Waals surface area contributed by atoms with Crippen molar-refractivity contribution in [1.29, 1.82) is 0 Å². The molecule has 0 aliphatic carbocycles. The van der Waals surface area contributed by atoms with E-state index in [2.05, 4.69) is 55.5 Å². The van der Waals surface area contributed by atoms with E-state index in [1.54, 1.807) is 0 Å². The largest absolute Gasteiger partial charge is 0.183 e. The summed E-state index contributed by atoms with van der Waals surface area (Å²) in [7, 11) is 0. The Bertz CT molecular complexity index is 458. The third kappa shape index (κ3) is 3.70. The number of hydrogen-bond acceptors (Lipinski definition) is 0. The van der Waals surface area contributed by atoms with Crippen LogP contribution in [0.25, 0.3) is 12.2 Å². The first-order valence-corrected chi connectivity index (χ1v) is 5.06. The Morgan fingerprint density at radius 2 is 1.81 bits per heavy atom. The molecular weight excluding hydrogens is 269 g/mol. The molecule has 0 spiro atoms. The van der Waals surface area contributed by atoms with Gasteiger partial charge < -0.3 is 0 Å². The van der Waals surface area contributed by atoms with E-state index < -0.39 is 0 Å². The molecular formula is C15H13Y-. The molecule has 0 amide bonds. The number of aryl methyl sites for hydroxylation is 1. The summed E-state index contributed by atoms with van der Waals surface area (Å²) < 4.78 is 0. The summed E-state index contributed by atoms with van der Waals surface area (Å²) in [5, 5.41) is 0. The molecule has 2 aromatic rings. The number of rotatable bonds is 2. The molecule has 16 heavy (non-hydrogen) atoms. The summed E-state index contributed by atoms with van der Waals surface area (Å²) >= 11 is 0. The molecule has 77 valence electrons. The Balaban J connectivity index is 0.00000128. The van der Waals surface area contributed by atoms with Gasteiger partial charge in [-0.25, -0.2) is 0 Å². The molecule has 1 heteroatoms. The van der Waals surface area contributed by atoms with Crippen molar-refractivity contribution in [2.75, 3.05) is 0 Å². The third-order valence-electron chi connectivity index (χ3n) is 2.37. The maximum absolute atomic E-state index is 3.06. The monoisotopic (exact) mass is 282 g/mol. The molecule has 2 aromatic carbocycles. The molecule has 2 rings (SSSR count). The van der Waals surface area contributed by atoms with Crippen LogP contribution in [0, 0.1) is 13.0 Å². The van der Waals surface area contributed by atoms with E-state index in [1.165, 1.54) is 16.7 Å². The minimum Gasteiger partial charge on any atom is -0.183 e. The molecule has 0 aromatic heterocycles. The minimum absolute atomic E-state index is 0. The quantitative estimate of drug-likeness (QED) is 0.577. The van der Waals surface area contributed by atoms with E-state index in [1.807, 2.05) is 18.2 Å². The molecule has 0 N–H and O–H groups in total. The van der Waals surface area contributed by atoms with E-state index in [-0.39, 0.29) is 32.7 Å². The maximum atomic E-state index is 3.06. The zero-order chi connectivity index (χ0) is 10.5. The van der Waals surface area contributed by atoms with Gasteiger partial charge in [0, 0.05) is 32.7 Å². The van der Waals surface area contributed by atoms with Crippen molar-refractivity contribution < 1.29 is 32.7 Å².